The molecule has 0 aliphatic rings. The smallest absolute Gasteiger partial charge is 0.273 e. The number of hydrogen-bond acceptors (Lipinski definition) is 4. The van der Waals surface area contributed by atoms with Crippen molar-refractivity contribution in [3.63, 3.8) is 0 Å². The van der Waals surface area contributed by atoms with E-state index < -0.39 is 10.0 Å². The van der Waals surface area contributed by atoms with E-state index in [0.29, 0.717) is 5.69 Å². The second-order valence-corrected chi connectivity index (χ2v) is 7.80. The number of para-hydroxylation sites is 1. The number of sulfonamides is 1. The number of hydrogen-bond donors (Lipinski definition) is 1. The molecule has 0 spiro atoms. The highest BCUT2D eigenvalue weighted by Gasteiger charge is 2.19. The molecule has 0 amide bonds. The maximum Gasteiger partial charge on any atom is 0.273 e. The van der Waals surface area contributed by atoms with E-state index in [0.717, 1.165) is 16.9 Å². The van der Waals surface area contributed by atoms with Gasteiger partial charge in [0.05, 0.1) is 11.9 Å². The third-order valence-electron chi connectivity index (χ3n) is 2.55. The Morgan fingerprint density at radius 1 is 1.32 bits per heavy atom. The molecule has 19 heavy (non-hydrogen) atoms. The lowest BCUT2D eigenvalue weighted by Gasteiger charge is -2.13. The molecule has 0 saturated heterocycles. The standard InChI is InChI=1S/C12H13ClN2O2S2/c1-8(2)9-5-3-4-6-10(9)15-19(16,17)11-7-14-12(13)18-11/h3-8,15H,1-2H3. The lowest BCUT2D eigenvalue weighted by molar-refractivity contribution is 0.603. The average molecular weight is 317 g/mol. The molecule has 1 N–H and O–H groups in total. The molecule has 0 aliphatic carbocycles. The van der Waals surface area contributed by atoms with Crippen molar-refractivity contribution < 1.29 is 8.42 Å². The van der Waals surface area contributed by atoms with Crippen LogP contribution in [0.3, 0.4) is 0 Å². The topological polar surface area (TPSA) is 59.1 Å². The number of thiazole rings is 1. The van der Waals surface area contributed by atoms with E-state index in [9.17, 15) is 8.42 Å². The first-order valence-corrected chi connectivity index (χ1v) is 8.31. The summed E-state index contributed by atoms with van der Waals surface area (Å²) in [6.07, 6.45) is 1.26. The summed E-state index contributed by atoms with van der Waals surface area (Å²) in [7, 11) is -3.63. The van der Waals surface area contributed by atoms with Crippen LogP contribution in [0.2, 0.25) is 4.47 Å². The highest BCUT2D eigenvalue weighted by molar-refractivity contribution is 7.94. The number of halogens is 1. The van der Waals surface area contributed by atoms with Crippen molar-refractivity contribution in [3.8, 4) is 0 Å². The Bertz CT molecular complexity index is 681. The van der Waals surface area contributed by atoms with Gasteiger partial charge < -0.3 is 0 Å². The minimum Gasteiger partial charge on any atom is -0.279 e. The quantitative estimate of drug-likeness (QED) is 0.935. The van der Waals surface area contributed by atoms with Gasteiger partial charge in [0, 0.05) is 0 Å². The highest BCUT2D eigenvalue weighted by atomic mass is 35.5. The van der Waals surface area contributed by atoms with E-state index in [-0.39, 0.29) is 14.6 Å². The summed E-state index contributed by atoms with van der Waals surface area (Å²) >= 11 is 6.60. The van der Waals surface area contributed by atoms with Gasteiger partial charge in [0.25, 0.3) is 10.0 Å². The molecule has 1 aromatic carbocycles. The Morgan fingerprint density at radius 3 is 2.58 bits per heavy atom. The zero-order valence-corrected chi connectivity index (χ0v) is 12.8. The fraction of sp³-hybridized carbons (Fsp3) is 0.250. The van der Waals surface area contributed by atoms with E-state index in [1.54, 1.807) is 12.1 Å². The lowest BCUT2D eigenvalue weighted by Crippen LogP contribution is -2.13. The lowest BCUT2D eigenvalue weighted by atomic mass is 10.0. The molecule has 0 unspecified atom stereocenters. The maximum atomic E-state index is 12.2. The number of nitrogens with zero attached hydrogens (tertiary/aromatic N) is 1. The largest absolute Gasteiger partial charge is 0.279 e. The van der Waals surface area contributed by atoms with E-state index in [2.05, 4.69) is 9.71 Å². The van der Waals surface area contributed by atoms with Crippen LogP contribution in [-0.2, 0) is 10.0 Å². The minimum absolute atomic E-state index is 0.107. The Morgan fingerprint density at radius 2 is 2.00 bits per heavy atom. The Balaban J connectivity index is 2.36. The van der Waals surface area contributed by atoms with E-state index in [1.165, 1.54) is 6.20 Å². The van der Waals surface area contributed by atoms with Crippen LogP contribution >= 0.6 is 22.9 Å². The van der Waals surface area contributed by atoms with Gasteiger partial charge in [-0.2, -0.15) is 0 Å². The second-order valence-electron chi connectivity index (χ2n) is 4.28. The van der Waals surface area contributed by atoms with Crippen LogP contribution in [-0.4, -0.2) is 13.4 Å². The predicted molar refractivity (Wildman–Crippen MR) is 78.5 cm³/mol. The minimum atomic E-state index is -3.63. The van der Waals surface area contributed by atoms with Crippen LogP contribution in [0.5, 0.6) is 0 Å². The molecule has 0 radical (unpaired) electrons. The summed E-state index contributed by atoms with van der Waals surface area (Å²) in [5.74, 6) is 0.226. The molecule has 1 aromatic heterocycles. The third-order valence-corrected chi connectivity index (χ3v) is 5.49. The Hall–Kier alpha value is -1.11. The molecule has 0 atom stereocenters. The Labute approximate surface area is 121 Å². The maximum absolute atomic E-state index is 12.2. The summed E-state index contributed by atoms with van der Waals surface area (Å²) in [4.78, 5) is 3.75. The van der Waals surface area contributed by atoms with Crippen molar-refractivity contribution >= 4 is 38.6 Å². The molecule has 7 heteroatoms. The first kappa shape index (κ1) is 14.3. The molecule has 2 rings (SSSR count). The summed E-state index contributed by atoms with van der Waals surface area (Å²) in [5, 5.41) is 0. The van der Waals surface area contributed by atoms with Crippen LogP contribution in [0, 0.1) is 0 Å². The zero-order chi connectivity index (χ0) is 14.0. The second kappa shape index (κ2) is 5.48. The fourth-order valence-corrected chi connectivity index (χ4v) is 4.03. The summed E-state index contributed by atoms with van der Waals surface area (Å²) in [6, 6.07) is 7.33. The average Bonchev–Trinajstić information content (AvgIpc) is 2.76. The molecular formula is C12H13ClN2O2S2. The third kappa shape index (κ3) is 3.26. The van der Waals surface area contributed by atoms with Gasteiger partial charge in [0.1, 0.15) is 0 Å². The summed E-state index contributed by atoms with van der Waals surface area (Å²) < 4.78 is 27.3. The molecule has 4 nitrogen and oxygen atoms in total. The van der Waals surface area contributed by atoms with Gasteiger partial charge in [-0.05, 0) is 17.5 Å². The van der Waals surface area contributed by atoms with Crippen LogP contribution in [0.4, 0.5) is 5.69 Å². The molecule has 1 heterocycles. The van der Waals surface area contributed by atoms with E-state index in [4.69, 9.17) is 11.6 Å². The van der Waals surface area contributed by atoms with Crippen molar-refractivity contribution in [1.29, 1.82) is 0 Å². The van der Waals surface area contributed by atoms with Gasteiger partial charge in [-0.15, -0.1) is 0 Å². The number of nitrogens with one attached hydrogen (secondary N) is 1. The molecule has 2 aromatic rings. The number of rotatable bonds is 4. The van der Waals surface area contributed by atoms with Crippen LogP contribution in [0.25, 0.3) is 0 Å². The van der Waals surface area contributed by atoms with Gasteiger partial charge in [-0.25, -0.2) is 13.4 Å². The monoisotopic (exact) mass is 316 g/mol. The Kier molecular flexibility index (Phi) is 4.13. The first-order chi connectivity index (χ1) is 8.90. The molecule has 102 valence electrons. The van der Waals surface area contributed by atoms with E-state index >= 15 is 0 Å². The van der Waals surface area contributed by atoms with Gasteiger partial charge in [0.2, 0.25) is 0 Å². The number of aromatic nitrogens is 1. The molecule has 0 bridgehead atoms. The van der Waals surface area contributed by atoms with E-state index in [1.807, 2.05) is 26.0 Å². The van der Waals surface area contributed by atoms with Gasteiger partial charge in [-0.3, -0.25) is 4.72 Å². The first-order valence-electron chi connectivity index (χ1n) is 5.63. The van der Waals surface area contributed by atoms with Gasteiger partial charge in [0.15, 0.2) is 8.68 Å². The molecule has 0 saturated carbocycles. The summed E-state index contributed by atoms with van der Waals surface area (Å²) in [5.41, 5.74) is 1.53. The number of anilines is 1. The van der Waals surface area contributed by atoms with Gasteiger partial charge in [-0.1, -0.05) is 55.0 Å². The molecular weight excluding hydrogens is 304 g/mol. The molecule has 0 fully saturated rings. The normalized spacial score (nSPS) is 11.8. The van der Waals surface area contributed by atoms with Crippen molar-refractivity contribution in [2.45, 2.75) is 24.0 Å². The zero-order valence-electron chi connectivity index (χ0n) is 10.4. The van der Waals surface area contributed by atoms with Gasteiger partial charge >= 0.3 is 0 Å². The van der Waals surface area contributed by atoms with Crippen molar-refractivity contribution in [2.75, 3.05) is 4.72 Å². The SMILES string of the molecule is CC(C)c1ccccc1NS(=O)(=O)c1cnc(Cl)s1. The van der Waals surface area contributed by atoms with Crippen LogP contribution in [0.1, 0.15) is 25.3 Å². The van der Waals surface area contributed by atoms with Crippen LogP contribution in [0.15, 0.2) is 34.7 Å². The van der Waals surface area contributed by atoms with Crippen molar-refractivity contribution in [3.05, 3.63) is 40.5 Å². The fourth-order valence-electron chi connectivity index (χ4n) is 1.65. The molecule has 0 aliphatic heterocycles. The number of benzene rings is 1. The summed E-state index contributed by atoms with van der Waals surface area (Å²) in [6.45, 7) is 4.02. The predicted octanol–water partition coefficient (Wildman–Crippen LogP) is 3.72. The van der Waals surface area contributed by atoms with Crippen molar-refractivity contribution in [2.24, 2.45) is 0 Å². The van der Waals surface area contributed by atoms with Crippen LogP contribution < -0.4 is 4.72 Å². The van der Waals surface area contributed by atoms with Crippen molar-refractivity contribution in [1.82, 2.24) is 4.98 Å². The highest BCUT2D eigenvalue weighted by Crippen LogP contribution is 2.28.